The number of amides is 1. The third-order valence-electron chi connectivity index (χ3n) is 5.33. The van der Waals surface area contributed by atoms with Crippen molar-refractivity contribution in [3.63, 3.8) is 0 Å². The van der Waals surface area contributed by atoms with Crippen LogP contribution in [0.4, 0.5) is 0 Å². The van der Waals surface area contributed by atoms with Crippen LogP contribution in [0.5, 0.6) is 0 Å². The zero-order valence-corrected chi connectivity index (χ0v) is 20.5. The molecule has 0 aliphatic rings. The van der Waals surface area contributed by atoms with Crippen molar-refractivity contribution < 1.29 is 13.2 Å². The molecular formula is C24H27N3O3S2. The first kappa shape index (κ1) is 23.9. The average Bonchev–Trinajstić information content (AvgIpc) is 3.09. The quantitative estimate of drug-likeness (QED) is 0.507. The molecule has 8 heteroatoms. The van der Waals surface area contributed by atoms with Gasteiger partial charge in [0.05, 0.1) is 21.7 Å². The second-order valence-electron chi connectivity index (χ2n) is 8.11. The number of nitrogens with zero attached hydrogens (tertiary/aromatic N) is 3. The van der Waals surface area contributed by atoms with E-state index >= 15 is 0 Å². The Balaban J connectivity index is 2.01. The molecule has 3 rings (SSSR count). The molecule has 32 heavy (non-hydrogen) atoms. The van der Waals surface area contributed by atoms with Crippen molar-refractivity contribution in [3.05, 3.63) is 58.4 Å². The van der Waals surface area contributed by atoms with Gasteiger partial charge in [0.2, 0.25) is 10.0 Å². The maximum Gasteiger partial charge on any atom is 0.279 e. The first-order valence-electron chi connectivity index (χ1n) is 10.3. The summed E-state index contributed by atoms with van der Waals surface area (Å²) in [4.78, 5) is 17.8. The Morgan fingerprint density at radius 3 is 2.38 bits per heavy atom. The van der Waals surface area contributed by atoms with E-state index < -0.39 is 15.9 Å². The molecule has 1 heterocycles. The van der Waals surface area contributed by atoms with Gasteiger partial charge < -0.3 is 4.57 Å². The van der Waals surface area contributed by atoms with E-state index in [1.807, 2.05) is 10.6 Å². The molecule has 0 N–H and O–H groups in total. The number of rotatable bonds is 6. The highest BCUT2D eigenvalue weighted by atomic mass is 32.2. The minimum Gasteiger partial charge on any atom is -0.305 e. The lowest BCUT2D eigenvalue weighted by Crippen LogP contribution is -2.33. The molecule has 0 atom stereocenters. The number of hydrogen-bond donors (Lipinski definition) is 0. The van der Waals surface area contributed by atoms with E-state index in [9.17, 15) is 13.2 Å². The van der Waals surface area contributed by atoms with Gasteiger partial charge in [0.25, 0.3) is 5.91 Å². The Labute approximate surface area is 193 Å². The minimum absolute atomic E-state index is 0.135. The van der Waals surface area contributed by atoms with Crippen LogP contribution in [0, 0.1) is 12.3 Å². The zero-order chi connectivity index (χ0) is 23.6. The van der Waals surface area contributed by atoms with Crippen molar-refractivity contribution in [2.24, 2.45) is 4.99 Å². The van der Waals surface area contributed by atoms with E-state index in [0.717, 1.165) is 10.2 Å². The van der Waals surface area contributed by atoms with E-state index in [0.29, 0.717) is 22.8 Å². The zero-order valence-electron chi connectivity index (χ0n) is 18.9. The maximum atomic E-state index is 12.8. The molecule has 0 spiro atoms. The van der Waals surface area contributed by atoms with Gasteiger partial charge in [-0.15, -0.1) is 6.42 Å². The number of carbonyl (C=O) groups is 1. The molecule has 2 aromatic carbocycles. The van der Waals surface area contributed by atoms with Gasteiger partial charge in [-0.05, 0) is 61.7 Å². The SMILES string of the molecule is C#CCn1c(=NC(=O)c2ccc(S(=O)(=O)N(C)C(C)C)cc2)sc2cc(C(C)C)ccc21. The summed E-state index contributed by atoms with van der Waals surface area (Å²) >= 11 is 1.41. The third-order valence-corrected chi connectivity index (χ3v) is 8.41. The smallest absolute Gasteiger partial charge is 0.279 e. The monoisotopic (exact) mass is 469 g/mol. The van der Waals surface area contributed by atoms with Crippen LogP contribution in [0.25, 0.3) is 10.2 Å². The summed E-state index contributed by atoms with van der Waals surface area (Å²) in [7, 11) is -2.08. The molecule has 1 amide bonds. The van der Waals surface area contributed by atoms with Gasteiger partial charge in [0.1, 0.15) is 0 Å². The normalized spacial score (nSPS) is 12.8. The summed E-state index contributed by atoms with van der Waals surface area (Å²) in [6, 6.07) is 11.8. The van der Waals surface area contributed by atoms with Crippen LogP contribution in [0.3, 0.4) is 0 Å². The Kier molecular flexibility index (Phi) is 7.03. The Bertz CT molecular complexity index is 1360. The standard InChI is InChI=1S/C24H27N3O3S2/c1-7-14-27-21-13-10-19(16(2)3)15-22(21)31-24(27)25-23(28)18-8-11-20(12-9-18)32(29,30)26(6)17(4)5/h1,8-13,15-17H,14H2,2-6H3. The van der Waals surface area contributed by atoms with Crippen molar-refractivity contribution in [1.82, 2.24) is 8.87 Å². The lowest BCUT2D eigenvalue weighted by atomic mass is 10.0. The molecule has 0 aliphatic heterocycles. The van der Waals surface area contributed by atoms with Gasteiger partial charge in [-0.1, -0.05) is 37.2 Å². The molecule has 0 unspecified atom stereocenters. The minimum atomic E-state index is -3.61. The maximum absolute atomic E-state index is 12.8. The summed E-state index contributed by atoms with van der Waals surface area (Å²) in [6.07, 6.45) is 5.55. The molecule has 0 saturated heterocycles. The molecule has 168 valence electrons. The van der Waals surface area contributed by atoms with Gasteiger partial charge in [-0.25, -0.2) is 8.42 Å². The molecule has 1 aromatic heterocycles. The molecule has 0 radical (unpaired) electrons. The lowest BCUT2D eigenvalue weighted by molar-refractivity contribution is 0.0998. The van der Waals surface area contributed by atoms with Gasteiger partial charge >= 0.3 is 0 Å². The second kappa shape index (κ2) is 9.41. The van der Waals surface area contributed by atoms with Crippen molar-refractivity contribution in [2.45, 2.75) is 51.1 Å². The molecule has 0 fully saturated rings. The summed E-state index contributed by atoms with van der Waals surface area (Å²) in [5.74, 6) is 2.56. The van der Waals surface area contributed by atoms with Crippen LogP contribution >= 0.6 is 11.3 Å². The van der Waals surface area contributed by atoms with Crippen LogP contribution < -0.4 is 4.80 Å². The van der Waals surface area contributed by atoms with Crippen LogP contribution in [0.1, 0.15) is 49.5 Å². The largest absolute Gasteiger partial charge is 0.305 e. The highest BCUT2D eigenvalue weighted by molar-refractivity contribution is 7.89. The molecule has 3 aromatic rings. The van der Waals surface area contributed by atoms with Gasteiger partial charge in [0, 0.05) is 18.7 Å². The predicted octanol–water partition coefficient (Wildman–Crippen LogP) is 4.23. The number of hydrogen-bond acceptors (Lipinski definition) is 4. The number of terminal acetylenes is 1. The summed E-state index contributed by atoms with van der Waals surface area (Å²) in [5, 5.41) is 0. The molecular weight excluding hydrogens is 442 g/mol. The number of carbonyl (C=O) groups excluding carboxylic acids is 1. The van der Waals surface area contributed by atoms with Gasteiger partial charge in [-0.3, -0.25) is 4.79 Å². The molecule has 0 saturated carbocycles. The van der Waals surface area contributed by atoms with Crippen molar-refractivity contribution in [1.29, 1.82) is 0 Å². The Morgan fingerprint density at radius 2 is 1.81 bits per heavy atom. The first-order chi connectivity index (χ1) is 15.1. The van der Waals surface area contributed by atoms with Crippen LogP contribution in [-0.2, 0) is 16.6 Å². The highest BCUT2D eigenvalue weighted by Crippen LogP contribution is 2.24. The van der Waals surface area contributed by atoms with Crippen LogP contribution in [0.15, 0.2) is 52.4 Å². The van der Waals surface area contributed by atoms with Crippen molar-refractivity contribution >= 4 is 37.5 Å². The van der Waals surface area contributed by atoms with Crippen molar-refractivity contribution in [3.8, 4) is 12.3 Å². The van der Waals surface area contributed by atoms with Gasteiger partial charge in [0.15, 0.2) is 4.80 Å². The summed E-state index contributed by atoms with van der Waals surface area (Å²) in [6.45, 7) is 8.15. The molecule has 0 aliphatic carbocycles. The van der Waals surface area contributed by atoms with Crippen molar-refractivity contribution in [2.75, 3.05) is 7.05 Å². The van der Waals surface area contributed by atoms with E-state index in [4.69, 9.17) is 6.42 Å². The number of sulfonamides is 1. The fourth-order valence-electron chi connectivity index (χ4n) is 3.14. The van der Waals surface area contributed by atoms with E-state index in [1.165, 1.54) is 52.5 Å². The fourth-order valence-corrected chi connectivity index (χ4v) is 5.59. The van der Waals surface area contributed by atoms with E-state index in [-0.39, 0.29) is 10.9 Å². The number of fused-ring (bicyclic) bond motifs is 1. The lowest BCUT2D eigenvalue weighted by Gasteiger charge is -2.20. The fraction of sp³-hybridized carbons (Fsp3) is 0.333. The molecule has 0 bridgehead atoms. The molecule has 6 nitrogen and oxygen atoms in total. The number of benzene rings is 2. The van der Waals surface area contributed by atoms with Gasteiger partial charge in [-0.2, -0.15) is 9.30 Å². The van der Waals surface area contributed by atoms with E-state index in [2.05, 4.69) is 36.9 Å². The Morgan fingerprint density at radius 1 is 1.16 bits per heavy atom. The topological polar surface area (TPSA) is 71.7 Å². The van der Waals surface area contributed by atoms with Crippen LogP contribution in [0.2, 0.25) is 0 Å². The van der Waals surface area contributed by atoms with Crippen LogP contribution in [-0.4, -0.2) is 36.3 Å². The Hall–Kier alpha value is -2.73. The average molecular weight is 470 g/mol. The first-order valence-corrected chi connectivity index (χ1v) is 12.6. The summed E-state index contributed by atoms with van der Waals surface area (Å²) in [5.41, 5.74) is 2.44. The second-order valence-corrected chi connectivity index (χ2v) is 11.1. The predicted molar refractivity (Wildman–Crippen MR) is 129 cm³/mol. The highest BCUT2D eigenvalue weighted by Gasteiger charge is 2.23. The number of aromatic nitrogens is 1. The third kappa shape index (κ3) is 4.70. The summed E-state index contributed by atoms with van der Waals surface area (Å²) < 4.78 is 29.4. The number of thiazole rings is 1. The van der Waals surface area contributed by atoms with E-state index in [1.54, 1.807) is 13.8 Å².